The van der Waals surface area contributed by atoms with E-state index in [2.05, 4.69) is 32.9 Å². The van der Waals surface area contributed by atoms with E-state index < -0.39 is 0 Å². The number of ether oxygens (including phenoxy) is 1. The summed E-state index contributed by atoms with van der Waals surface area (Å²) < 4.78 is 5.05. The molecule has 1 aromatic rings. The van der Waals surface area contributed by atoms with Crippen LogP contribution in [-0.2, 0) is 9.53 Å². The fourth-order valence-electron chi connectivity index (χ4n) is 2.00. The van der Waals surface area contributed by atoms with Crippen LogP contribution in [0, 0.1) is 5.41 Å². The average Bonchev–Trinajstić information content (AvgIpc) is 2.26. The lowest BCUT2D eigenvalue weighted by molar-refractivity contribution is -0.144. The third-order valence-electron chi connectivity index (χ3n) is 2.92. The van der Waals surface area contributed by atoms with Crippen LogP contribution in [0.1, 0.15) is 45.6 Å². The van der Waals surface area contributed by atoms with E-state index in [1.54, 1.807) is 0 Å². The first-order valence-corrected chi connectivity index (χ1v) is 6.15. The van der Waals surface area contributed by atoms with Crippen molar-refractivity contribution in [1.29, 1.82) is 0 Å². The van der Waals surface area contributed by atoms with Gasteiger partial charge in [0.25, 0.3) is 0 Å². The van der Waals surface area contributed by atoms with Crippen LogP contribution in [0.2, 0.25) is 0 Å². The Labute approximate surface area is 104 Å². The molecule has 0 bridgehead atoms. The molecular formula is C15H22O2. The molecule has 1 unspecified atom stereocenters. The summed E-state index contributed by atoms with van der Waals surface area (Å²) in [5, 5.41) is 0. The van der Waals surface area contributed by atoms with Gasteiger partial charge in [0.1, 0.15) is 0 Å². The van der Waals surface area contributed by atoms with Gasteiger partial charge in [-0.1, -0.05) is 51.1 Å². The Morgan fingerprint density at radius 2 is 1.82 bits per heavy atom. The van der Waals surface area contributed by atoms with Crippen molar-refractivity contribution in [2.75, 3.05) is 6.61 Å². The highest BCUT2D eigenvalue weighted by molar-refractivity contribution is 5.70. The van der Waals surface area contributed by atoms with E-state index in [1.807, 2.05) is 25.1 Å². The van der Waals surface area contributed by atoms with E-state index in [-0.39, 0.29) is 17.3 Å². The summed E-state index contributed by atoms with van der Waals surface area (Å²) in [5.41, 5.74) is 1.25. The lowest BCUT2D eigenvalue weighted by atomic mass is 9.75. The second-order valence-corrected chi connectivity index (χ2v) is 5.34. The molecule has 1 atom stereocenters. The van der Waals surface area contributed by atoms with E-state index >= 15 is 0 Å². The fraction of sp³-hybridized carbons (Fsp3) is 0.533. The standard InChI is InChI=1S/C15H22O2/c1-5-17-14(16)11-13(15(2,3)4)12-9-7-6-8-10-12/h6-10,13H,5,11H2,1-4H3. The SMILES string of the molecule is CCOC(=O)CC(c1ccccc1)C(C)(C)C. The Morgan fingerprint density at radius 1 is 1.24 bits per heavy atom. The summed E-state index contributed by atoms with van der Waals surface area (Å²) in [4.78, 5) is 11.7. The maximum Gasteiger partial charge on any atom is 0.306 e. The largest absolute Gasteiger partial charge is 0.466 e. The Kier molecular flexibility index (Phi) is 4.73. The fourth-order valence-corrected chi connectivity index (χ4v) is 2.00. The lowest BCUT2D eigenvalue weighted by Gasteiger charge is -2.30. The second kappa shape index (κ2) is 5.85. The molecule has 0 amide bonds. The van der Waals surface area contributed by atoms with Crippen molar-refractivity contribution in [3.63, 3.8) is 0 Å². The summed E-state index contributed by atoms with van der Waals surface area (Å²) in [5.74, 6) is 0.0824. The Morgan fingerprint density at radius 3 is 2.29 bits per heavy atom. The van der Waals surface area contributed by atoms with Crippen molar-refractivity contribution < 1.29 is 9.53 Å². The van der Waals surface area contributed by atoms with E-state index in [0.29, 0.717) is 13.0 Å². The molecule has 2 heteroatoms. The zero-order chi connectivity index (χ0) is 12.9. The van der Waals surface area contributed by atoms with Gasteiger partial charge >= 0.3 is 5.97 Å². The predicted molar refractivity (Wildman–Crippen MR) is 69.9 cm³/mol. The van der Waals surface area contributed by atoms with E-state index in [9.17, 15) is 4.79 Å². The lowest BCUT2D eigenvalue weighted by Crippen LogP contribution is -2.22. The summed E-state index contributed by atoms with van der Waals surface area (Å²) in [6, 6.07) is 10.2. The third kappa shape index (κ3) is 4.22. The van der Waals surface area contributed by atoms with Crippen LogP contribution in [0.5, 0.6) is 0 Å². The topological polar surface area (TPSA) is 26.3 Å². The number of carbonyl (C=O) groups excluding carboxylic acids is 1. The zero-order valence-corrected chi connectivity index (χ0v) is 11.2. The van der Waals surface area contributed by atoms with Gasteiger partial charge in [0.15, 0.2) is 0 Å². The zero-order valence-electron chi connectivity index (χ0n) is 11.2. The van der Waals surface area contributed by atoms with Crippen molar-refractivity contribution >= 4 is 5.97 Å². The third-order valence-corrected chi connectivity index (χ3v) is 2.92. The summed E-state index contributed by atoms with van der Waals surface area (Å²) in [6.07, 6.45) is 0.446. The molecule has 1 aromatic carbocycles. The second-order valence-electron chi connectivity index (χ2n) is 5.34. The van der Waals surface area contributed by atoms with Crippen LogP contribution in [-0.4, -0.2) is 12.6 Å². The monoisotopic (exact) mass is 234 g/mol. The van der Waals surface area contributed by atoms with Gasteiger partial charge in [0, 0.05) is 0 Å². The molecule has 0 fully saturated rings. The summed E-state index contributed by atoms with van der Waals surface area (Å²) in [6.45, 7) is 8.76. The molecule has 0 radical (unpaired) electrons. The van der Waals surface area contributed by atoms with Crippen LogP contribution >= 0.6 is 0 Å². The first kappa shape index (κ1) is 13.8. The normalized spacial score (nSPS) is 13.2. The van der Waals surface area contributed by atoms with Crippen LogP contribution in [0.25, 0.3) is 0 Å². The minimum Gasteiger partial charge on any atom is -0.466 e. The van der Waals surface area contributed by atoms with E-state index in [1.165, 1.54) is 5.56 Å². The molecule has 2 nitrogen and oxygen atoms in total. The number of benzene rings is 1. The van der Waals surface area contributed by atoms with Gasteiger partial charge < -0.3 is 4.74 Å². The highest BCUT2D eigenvalue weighted by Gasteiger charge is 2.28. The molecule has 0 aromatic heterocycles. The predicted octanol–water partition coefficient (Wildman–Crippen LogP) is 3.77. The van der Waals surface area contributed by atoms with Gasteiger partial charge in [-0.15, -0.1) is 0 Å². The Balaban J connectivity index is 2.87. The number of rotatable bonds is 4. The van der Waals surface area contributed by atoms with Gasteiger partial charge in [-0.05, 0) is 23.8 Å². The van der Waals surface area contributed by atoms with Gasteiger partial charge in [0.2, 0.25) is 0 Å². The molecule has 0 spiro atoms. The maximum absolute atomic E-state index is 11.7. The molecule has 1 rings (SSSR count). The van der Waals surface area contributed by atoms with Crippen LogP contribution < -0.4 is 0 Å². The molecule has 0 saturated heterocycles. The molecular weight excluding hydrogens is 212 g/mol. The van der Waals surface area contributed by atoms with Crippen molar-refractivity contribution in [1.82, 2.24) is 0 Å². The van der Waals surface area contributed by atoms with Crippen LogP contribution in [0.4, 0.5) is 0 Å². The molecule has 94 valence electrons. The van der Waals surface area contributed by atoms with Crippen molar-refractivity contribution in [2.24, 2.45) is 5.41 Å². The quantitative estimate of drug-likeness (QED) is 0.741. The highest BCUT2D eigenvalue weighted by Crippen LogP contribution is 2.37. The number of esters is 1. The first-order valence-electron chi connectivity index (χ1n) is 6.15. The molecule has 0 aliphatic rings. The van der Waals surface area contributed by atoms with E-state index in [0.717, 1.165) is 0 Å². The average molecular weight is 234 g/mol. The number of hydrogen-bond acceptors (Lipinski definition) is 2. The molecule has 0 aliphatic heterocycles. The Hall–Kier alpha value is -1.31. The maximum atomic E-state index is 11.7. The van der Waals surface area contributed by atoms with Crippen molar-refractivity contribution in [2.45, 2.75) is 40.0 Å². The molecule has 0 N–H and O–H groups in total. The smallest absolute Gasteiger partial charge is 0.306 e. The van der Waals surface area contributed by atoms with Crippen LogP contribution in [0.3, 0.4) is 0 Å². The first-order chi connectivity index (χ1) is 7.95. The minimum absolute atomic E-state index is 0.0497. The summed E-state index contributed by atoms with van der Waals surface area (Å²) >= 11 is 0. The molecule has 0 saturated carbocycles. The van der Waals surface area contributed by atoms with Crippen molar-refractivity contribution in [3.8, 4) is 0 Å². The van der Waals surface area contributed by atoms with Gasteiger partial charge in [0.05, 0.1) is 13.0 Å². The molecule has 0 aliphatic carbocycles. The Bertz CT molecular complexity index is 349. The molecule has 0 heterocycles. The van der Waals surface area contributed by atoms with Gasteiger partial charge in [-0.25, -0.2) is 0 Å². The van der Waals surface area contributed by atoms with Crippen LogP contribution in [0.15, 0.2) is 30.3 Å². The highest BCUT2D eigenvalue weighted by atomic mass is 16.5. The van der Waals surface area contributed by atoms with Crippen molar-refractivity contribution in [3.05, 3.63) is 35.9 Å². The van der Waals surface area contributed by atoms with E-state index in [4.69, 9.17) is 4.74 Å². The number of carbonyl (C=O) groups is 1. The van der Waals surface area contributed by atoms with Gasteiger partial charge in [-0.2, -0.15) is 0 Å². The molecule has 17 heavy (non-hydrogen) atoms. The number of hydrogen-bond donors (Lipinski definition) is 0. The summed E-state index contributed by atoms with van der Waals surface area (Å²) in [7, 11) is 0. The minimum atomic E-state index is -0.115. The van der Waals surface area contributed by atoms with Gasteiger partial charge in [-0.3, -0.25) is 4.79 Å².